The van der Waals surface area contributed by atoms with Gasteiger partial charge in [0.2, 0.25) is 0 Å². The van der Waals surface area contributed by atoms with Crippen LogP contribution in [0, 0.1) is 5.82 Å². The molecule has 0 atom stereocenters. The summed E-state index contributed by atoms with van der Waals surface area (Å²) in [6.07, 6.45) is 2.44. The molecule has 1 saturated carbocycles. The first kappa shape index (κ1) is 12.8. The van der Waals surface area contributed by atoms with E-state index in [0.29, 0.717) is 17.8 Å². The largest absolute Gasteiger partial charge is 0.427 e. The third-order valence-electron chi connectivity index (χ3n) is 2.68. The highest BCUT2D eigenvalue weighted by molar-refractivity contribution is 7.13. The SMILES string of the molecule is Fc1c(Cl)cccc1Oc1nnc(CNC2CC2)s1. The van der Waals surface area contributed by atoms with Gasteiger partial charge in [0.05, 0.1) is 11.6 Å². The molecule has 0 saturated heterocycles. The number of benzene rings is 1. The molecule has 1 aliphatic rings. The van der Waals surface area contributed by atoms with Crippen LogP contribution in [0.2, 0.25) is 5.02 Å². The van der Waals surface area contributed by atoms with Crippen molar-refractivity contribution in [3.05, 3.63) is 34.0 Å². The minimum absolute atomic E-state index is 0.0256. The summed E-state index contributed by atoms with van der Waals surface area (Å²) >= 11 is 6.97. The lowest BCUT2D eigenvalue weighted by atomic mass is 10.3. The van der Waals surface area contributed by atoms with Crippen molar-refractivity contribution in [2.75, 3.05) is 0 Å². The van der Waals surface area contributed by atoms with Crippen LogP contribution in [0.4, 0.5) is 4.39 Å². The third kappa shape index (κ3) is 3.20. The molecule has 7 heteroatoms. The molecule has 1 N–H and O–H groups in total. The van der Waals surface area contributed by atoms with E-state index in [-0.39, 0.29) is 10.8 Å². The maximum Gasteiger partial charge on any atom is 0.299 e. The van der Waals surface area contributed by atoms with Crippen LogP contribution < -0.4 is 10.1 Å². The monoisotopic (exact) mass is 299 g/mol. The fourth-order valence-corrected chi connectivity index (χ4v) is 2.34. The highest BCUT2D eigenvalue weighted by Crippen LogP contribution is 2.30. The number of aromatic nitrogens is 2. The summed E-state index contributed by atoms with van der Waals surface area (Å²) in [5.41, 5.74) is 0. The Balaban J connectivity index is 1.67. The van der Waals surface area contributed by atoms with Crippen molar-refractivity contribution >= 4 is 22.9 Å². The molecule has 3 rings (SSSR count). The Bertz CT molecular complexity index is 588. The number of hydrogen-bond donors (Lipinski definition) is 1. The van der Waals surface area contributed by atoms with Crippen molar-refractivity contribution < 1.29 is 9.13 Å². The molecule has 1 aromatic carbocycles. The number of ether oxygens (including phenoxy) is 1. The number of hydrogen-bond acceptors (Lipinski definition) is 5. The Morgan fingerprint density at radius 3 is 3.05 bits per heavy atom. The molecule has 4 nitrogen and oxygen atoms in total. The van der Waals surface area contributed by atoms with Gasteiger partial charge in [-0.2, -0.15) is 0 Å². The van der Waals surface area contributed by atoms with E-state index in [4.69, 9.17) is 16.3 Å². The van der Waals surface area contributed by atoms with E-state index in [9.17, 15) is 4.39 Å². The van der Waals surface area contributed by atoms with Gasteiger partial charge in [0, 0.05) is 6.04 Å². The maximum absolute atomic E-state index is 13.6. The number of nitrogens with zero attached hydrogens (tertiary/aromatic N) is 2. The zero-order valence-corrected chi connectivity index (χ0v) is 11.5. The van der Waals surface area contributed by atoms with Crippen molar-refractivity contribution in [1.29, 1.82) is 0 Å². The molecule has 0 spiro atoms. The van der Waals surface area contributed by atoms with Gasteiger partial charge < -0.3 is 10.1 Å². The molecule has 1 heterocycles. The molecule has 0 unspecified atom stereocenters. The predicted octanol–water partition coefficient (Wildman–Crippen LogP) is 3.37. The molecule has 2 aromatic rings. The summed E-state index contributed by atoms with van der Waals surface area (Å²) in [7, 11) is 0. The summed E-state index contributed by atoms with van der Waals surface area (Å²) < 4.78 is 19.0. The van der Waals surface area contributed by atoms with Gasteiger partial charge >= 0.3 is 0 Å². The second kappa shape index (κ2) is 5.40. The van der Waals surface area contributed by atoms with E-state index in [1.54, 1.807) is 6.07 Å². The summed E-state index contributed by atoms with van der Waals surface area (Å²) in [5.74, 6) is -0.526. The topological polar surface area (TPSA) is 47.0 Å². The third-order valence-corrected chi connectivity index (χ3v) is 3.77. The fourth-order valence-electron chi connectivity index (χ4n) is 1.53. The Hall–Kier alpha value is -1.24. The zero-order valence-electron chi connectivity index (χ0n) is 9.90. The highest BCUT2D eigenvalue weighted by atomic mass is 35.5. The lowest BCUT2D eigenvalue weighted by Crippen LogP contribution is -2.14. The van der Waals surface area contributed by atoms with E-state index in [1.165, 1.54) is 36.3 Å². The summed E-state index contributed by atoms with van der Waals surface area (Å²) in [5, 5.41) is 12.4. The molecular formula is C12H11ClFN3OS. The van der Waals surface area contributed by atoms with Crippen LogP contribution in [-0.4, -0.2) is 16.2 Å². The lowest BCUT2D eigenvalue weighted by molar-refractivity contribution is 0.436. The zero-order chi connectivity index (χ0) is 13.2. The Morgan fingerprint density at radius 1 is 1.42 bits per heavy atom. The second-order valence-electron chi connectivity index (χ2n) is 4.27. The van der Waals surface area contributed by atoms with Crippen molar-refractivity contribution in [1.82, 2.24) is 15.5 Å². The molecule has 0 aliphatic heterocycles. The minimum Gasteiger partial charge on any atom is -0.427 e. The summed E-state index contributed by atoms with van der Waals surface area (Å²) in [6.45, 7) is 0.670. The molecule has 1 aromatic heterocycles. The van der Waals surface area contributed by atoms with Gasteiger partial charge in [-0.25, -0.2) is 4.39 Å². The first-order valence-corrected chi connectivity index (χ1v) is 7.09. The van der Waals surface area contributed by atoms with E-state index < -0.39 is 5.82 Å². The van der Waals surface area contributed by atoms with Crippen LogP contribution in [0.3, 0.4) is 0 Å². The van der Waals surface area contributed by atoms with Gasteiger partial charge in [-0.1, -0.05) is 34.1 Å². The maximum atomic E-state index is 13.6. The Kier molecular flexibility index (Phi) is 3.63. The smallest absolute Gasteiger partial charge is 0.299 e. The standard InChI is InChI=1S/C12H11ClFN3OS/c13-8-2-1-3-9(11(8)14)18-12-17-16-10(19-12)6-15-7-4-5-7/h1-3,7,15H,4-6H2. The van der Waals surface area contributed by atoms with Crippen LogP contribution in [-0.2, 0) is 6.54 Å². The van der Waals surface area contributed by atoms with Crippen molar-refractivity contribution in [2.24, 2.45) is 0 Å². The summed E-state index contributed by atoms with van der Waals surface area (Å²) in [4.78, 5) is 0. The van der Waals surface area contributed by atoms with E-state index in [1.807, 2.05) is 0 Å². The molecule has 1 aliphatic carbocycles. The van der Waals surface area contributed by atoms with E-state index >= 15 is 0 Å². The van der Waals surface area contributed by atoms with Crippen molar-refractivity contribution in [3.63, 3.8) is 0 Å². The van der Waals surface area contributed by atoms with E-state index in [0.717, 1.165) is 5.01 Å². The first-order chi connectivity index (χ1) is 9.22. The van der Waals surface area contributed by atoms with Gasteiger partial charge in [-0.05, 0) is 25.0 Å². The molecule has 19 heavy (non-hydrogen) atoms. The van der Waals surface area contributed by atoms with Gasteiger partial charge in [0.25, 0.3) is 5.19 Å². The molecule has 0 radical (unpaired) electrons. The molecule has 0 amide bonds. The van der Waals surface area contributed by atoms with Gasteiger partial charge in [-0.3, -0.25) is 0 Å². The van der Waals surface area contributed by atoms with Crippen LogP contribution in [0.15, 0.2) is 18.2 Å². The number of rotatable bonds is 5. The molecule has 0 bridgehead atoms. The van der Waals surface area contributed by atoms with Gasteiger partial charge in [0.1, 0.15) is 5.01 Å². The Labute approximate surface area is 118 Å². The highest BCUT2D eigenvalue weighted by Gasteiger charge is 2.21. The second-order valence-corrected chi connectivity index (χ2v) is 5.70. The van der Waals surface area contributed by atoms with Gasteiger partial charge in [0.15, 0.2) is 11.6 Å². The minimum atomic E-state index is -0.586. The molecule has 100 valence electrons. The predicted molar refractivity (Wildman–Crippen MR) is 71.3 cm³/mol. The Morgan fingerprint density at radius 2 is 2.26 bits per heavy atom. The van der Waals surface area contributed by atoms with Crippen molar-refractivity contribution in [3.8, 4) is 10.9 Å². The van der Waals surface area contributed by atoms with Crippen LogP contribution in [0.5, 0.6) is 10.9 Å². The fraction of sp³-hybridized carbons (Fsp3) is 0.333. The van der Waals surface area contributed by atoms with Gasteiger partial charge in [-0.15, -0.1) is 5.10 Å². The average Bonchev–Trinajstić information content (AvgIpc) is 3.13. The van der Waals surface area contributed by atoms with Crippen LogP contribution in [0.25, 0.3) is 0 Å². The molecular weight excluding hydrogens is 289 g/mol. The number of halogens is 2. The lowest BCUT2D eigenvalue weighted by Gasteiger charge is -2.02. The number of nitrogens with one attached hydrogen (secondary N) is 1. The van der Waals surface area contributed by atoms with Crippen molar-refractivity contribution in [2.45, 2.75) is 25.4 Å². The molecule has 1 fully saturated rings. The van der Waals surface area contributed by atoms with Crippen LogP contribution >= 0.6 is 22.9 Å². The normalized spacial score (nSPS) is 14.6. The average molecular weight is 300 g/mol. The van der Waals surface area contributed by atoms with E-state index in [2.05, 4.69) is 15.5 Å². The quantitative estimate of drug-likeness (QED) is 0.919. The van der Waals surface area contributed by atoms with Crippen LogP contribution in [0.1, 0.15) is 17.8 Å². The summed E-state index contributed by atoms with van der Waals surface area (Å²) in [6, 6.07) is 5.20. The first-order valence-electron chi connectivity index (χ1n) is 5.90.